The number of nitrogens with zero attached hydrogens (tertiary/aromatic N) is 4. The molecule has 1 aromatic carbocycles. The molecule has 6 nitrogen and oxygen atoms in total. The van der Waals surface area contributed by atoms with Crippen molar-refractivity contribution in [2.24, 2.45) is 0 Å². The predicted molar refractivity (Wildman–Crippen MR) is 112 cm³/mol. The average Bonchev–Trinajstić information content (AvgIpc) is 3.25. The topological polar surface area (TPSA) is 64.2 Å². The summed E-state index contributed by atoms with van der Waals surface area (Å²) in [5.74, 6) is -1.02. The van der Waals surface area contributed by atoms with Gasteiger partial charge in [-0.15, -0.1) is 0 Å². The van der Waals surface area contributed by atoms with Crippen molar-refractivity contribution >= 4 is 11.0 Å². The van der Waals surface area contributed by atoms with Gasteiger partial charge in [0.1, 0.15) is 11.6 Å². The van der Waals surface area contributed by atoms with E-state index in [0.717, 1.165) is 23.9 Å². The van der Waals surface area contributed by atoms with E-state index in [4.69, 9.17) is 15.5 Å². The van der Waals surface area contributed by atoms with Gasteiger partial charge in [-0.3, -0.25) is 9.36 Å². The largest absolute Gasteiger partial charge is 0.356 e. The fraction of sp³-hybridized carbons (Fsp3) is 0.522. The number of likely N-dealkylation sites (tertiary alicyclic amines) is 1. The summed E-state index contributed by atoms with van der Waals surface area (Å²) in [5.41, 5.74) is 0.587. The molecule has 2 aliphatic rings. The lowest BCUT2D eigenvalue weighted by atomic mass is 9.91. The third-order valence-electron chi connectivity index (χ3n) is 5.90. The number of rotatable bonds is 4. The standard InChI is InChI=1S/C23H27FN4O2/c1-15-18(23(29)28-10-3-2-4-21(28)25-15)9-13-27-11-7-16(8-12-27)22-19-6-5-17(24)14-20(19)30-26-22/h5-6,14,16H,2-4,7-13H2,1H3/i2D2,3D2,4D2,10D2. The van der Waals surface area contributed by atoms with Crippen molar-refractivity contribution in [2.75, 3.05) is 19.6 Å². The monoisotopic (exact) mass is 418 g/mol. The molecule has 3 aromatic rings. The minimum atomic E-state index is -3.34. The molecule has 2 aromatic heterocycles. The van der Waals surface area contributed by atoms with Gasteiger partial charge in [-0.2, -0.15) is 0 Å². The summed E-state index contributed by atoms with van der Waals surface area (Å²) < 4.78 is 84.4. The number of benzene rings is 1. The lowest BCUT2D eigenvalue weighted by molar-refractivity contribution is 0.211. The van der Waals surface area contributed by atoms with E-state index in [0.29, 0.717) is 29.8 Å². The Morgan fingerprint density at radius 1 is 1.30 bits per heavy atom. The normalized spacial score (nSPS) is 28.7. The molecule has 0 unspecified atom stereocenters. The highest BCUT2D eigenvalue weighted by atomic mass is 19.1. The summed E-state index contributed by atoms with van der Waals surface area (Å²) in [5, 5.41) is 4.94. The molecule has 0 radical (unpaired) electrons. The fourth-order valence-electron chi connectivity index (χ4n) is 4.23. The van der Waals surface area contributed by atoms with Gasteiger partial charge in [0, 0.05) is 59.0 Å². The first-order valence-electron chi connectivity index (χ1n) is 14.0. The minimum absolute atomic E-state index is 0.127. The van der Waals surface area contributed by atoms with Crippen LogP contribution >= 0.6 is 0 Å². The van der Waals surface area contributed by atoms with Gasteiger partial charge < -0.3 is 9.42 Å². The molecule has 0 saturated carbocycles. The van der Waals surface area contributed by atoms with E-state index in [1.54, 1.807) is 6.07 Å². The maximum absolute atomic E-state index is 13.5. The molecule has 0 amide bonds. The van der Waals surface area contributed by atoms with Crippen molar-refractivity contribution in [1.29, 1.82) is 0 Å². The van der Waals surface area contributed by atoms with Gasteiger partial charge in [0.2, 0.25) is 0 Å². The van der Waals surface area contributed by atoms with Crippen LogP contribution in [-0.4, -0.2) is 39.2 Å². The zero-order valence-corrected chi connectivity index (χ0v) is 16.5. The number of aromatic nitrogens is 3. The van der Waals surface area contributed by atoms with Gasteiger partial charge in [-0.05, 0) is 64.2 Å². The van der Waals surface area contributed by atoms with Crippen molar-refractivity contribution in [3.8, 4) is 0 Å². The van der Waals surface area contributed by atoms with Crippen LogP contribution in [-0.2, 0) is 19.3 Å². The molecule has 5 rings (SSSR count). The van der Waals surface area contributed by atoms with Gasteiger partial charge in [0.15, 0.2) is 5.58 Å². The van der Waals surface area contributed by atoms with Crippen molar-refractivity contribution in [3.05, 3.63) is 57.1 Å². The lowest BCUT2D eigenvalue weighted by Crippen LogP contribution is -2.37. The van der Waals surface area contributed by atoms with Crippen molar-refractivity contribution < 1.29 is 19.9 Å². The molecule has 0 spiro atoms. The van der Waals surface area contributed by atoms with Gasteiger partial charge in [-0.25, -0.2) is 9.37 Å². The molecule has 1 fully saturated rings. The van der Waals surface area contributed by atoms with Gasteiger partial charge in [-0.1, -0.05) is 5.16 Å². The zero-order chi connectivity index (χ0) is 27.8. The molecular formula is C23H27FN4O2. The SMILES string of the molecule is [2H]C1([2H])c2nc(C)c(CCN3CCC(c4noc5cc(F)ccc45)CC3)c(=O)n2C([2H])([2H])C([2H])([2H])C1([2H])[2H]. The number of hydrogen-bond acceptors (Lipinski definition) is 5. The van der Waals surface area contributed by atoms with Crippen LogP contribution in [0.25, 0.3) is 11.0 Å². The molecule has 158 valence electrons. The van der Waals surface area contributed by atoms with Crippen LogP contribution in [0.15, 0.2) is 27.5 Å². The quantitative estimate of drug-likeness (QED) is 0.648. The number of piperidine rings is 1. The maximum Gasteiger partial charge on any atom is 0.256 e. The maximum atomic E-state index is 13.5. The van der Waals surface area contributed by atoms with Crippen molar-refractivity contribution in [1.82, 2.24) is 19.6 Å². The summed E-state index contributed by atoms with van der Waals surface area (Å²) >= 11 is 0. The molecule has 1 saturated heterocycles. The van der Waals surface area contributed by atoms with Crippen LogP contribution in [0.3, 0.4) is 0 Å². The van der Waals surface area contributed by atoms with E-state index in [1.165, 1.54) is 19.1 Å². The molecule has 2 aliphatic heterocycles. The summed E-state index contributed by atoms with van der Waals surface area (Å²) in [6, 6.07) is 4.35. The van der Waals surface area contributed by atoms with E-state index >= 15 is 0 Å². The van der Waals surface area contributed by atoms with Crippen LogP contribution in [0, 0.1) is 12.7 Å². The minimum Gasteiger partial charge on any atom is -0.356 e. The first kappa shape index (κ1) is 12.3. The molecule has 30 heavy (non-hydrogen) atoms. The second-order valence-electron chi connectivity index (χ2n) is 7.70. The Labute approximate surface area is 185 Å². The fourth-order valence-corrected chi connectivity index (χ4v) is 4.23. The molecule has 0 N–H and O–H groups in total. The first-order valence-corrected chi connectivity index (χ1v) is 10.0. The van der Waals surface area contributed by atoms with E-state index in [-0.39, 0.29) is 23.6 Å². The Hall–Kier alpha value is -2.54. The number of halogens is 1. The third kappa shape index (κ3) is 3.55. The summed E-state index contributed by atoms with van der Waals surface area (Å²) in [6.45, 7) is 0.146. The van der Waals surface area contributed by atoms with Crippen LogP contribution < -0.4 is 5.56 Å². The molecule has 0 bridgehead atoms. The second kappa shape index (κ2) is 7.95. The van der Waals surface area contributed by atoms with Gasteiger partial charge in [0.25, 0.3) is 5.56 Å². The second-order valence-corrected chi connectivity index (χ2v) is 7.70. The molecule has 4 heterocycles. The predicted octanol–water partition coefficient (Wildman–Crippen LogP) is 3.59. The van der Waals surface area contributed by atoms with E-state index < -0.39 is 42.8 Å². The smallest absolute Gasteiger partial charge is 0.256 e. The highest BCUT2D eigenvalue weighted by Gasteiger charge is 2.25. The van der Waals surface area contributed by atoms with E-state index in [1.807, 2.05) is 0 Å². The molecule has 7 heteroatoms. The molecule has 0 atom stereocenters. The van der Waals surface area contributed by atoms with Crippen LogP contribution in [0.1, 0.15) is 65.2 Å². The number of fused-ring (bicyclic) bond motifs is 2. The van der Waals surface area contributed by atoms with Crippen LogP contribution in [0.5, 0.6) is 0 Å². The Morgan fingerprint density at radius 2 is 2.13 bits per heavy atom. The molecular weight excluding hydrogens is 383 g/mol. The highest BCUT2D eigenvalue weighted by Crippen LogP contribution is 2.32. The van der Waals surface area contributed by atoms with Crippen LogP contribution in [0.4, 0.5) is 4.39 Å². The number of hydrogen-bond donors (Lipinski definition) is 0. The highest BCUT2D eigenvalue weighted by molar-refractivity contribution is 5.79. The van der Waals surface area contributed by atoms with Crippen LogP contribution in [0.2, 0.25) is 0 Å². The first-order chi connectivity index (χ1) is 17.6. The summed E-state index contributed by atoms with van der Waals surface area (Å²) in [6.07, 6.45) is -7.94. The Balaban J connectivity index is 1.35. The Morgan fingerprint density at radius 3 is 2.97 bits per heavy atom. The van der Waals surface area contributed by atoms with Gasteiger partial charge >= 0.3 is 0 Å². The zero-order valence-electron chi connectivity index (χ0n) is 24.5. The number of aryl methyl sites for hydroxylation is 2. The molecule has 0 aliphatic carbocycles. The van der Waals surface area contributed by atoms with Gasteiger partial charge in [0.05, 0.1) is 5.69 Å². The van der Waals surface area contributed by atoms with E-state index in [2.05, 4.69) is 15.0 Å². The summed E-state index contributed by atoms with van der Waals surface area (Å²) in [7, 11) is 0. The van der Waals surface area contributed by atoms with Crippen molar-refractivity contribution in [2.45, 2.75) is 57.7 Å². The van der Waals surface area contributed by atoms with Crippen molar-refractivity contribution in [3.63, 3.8) is 0 Å². The van der Waals surface area contributed by atoms with E-state index in [9.17, 15) is 9.18 Å². The Bertz CT molecular complexity index is 1460. The lowest BCUT2D eigenvalue weighted by Gasteiger charge is -2.31. The Kier molecular flexibility index (Phi) is 3.27. The third-order valence-corrected chi connectivity index (χ3v) is 5.90. The summed E-state index contributed by atoms with van der Waals surface area (Å²) in [4.78, 5) is 19.7. The average molecular weight is 419 g/mol.